The lowest BCUT2D eigenvalue weighted by Gasteiger charge is -2.31. The number of hydrogen-bond donors (Lipinski definition) is 2. The van der Waals surface area contributed by atoms with Gasteiger partial charge in [-0.25, -0.2) is 9.59 Å². The Bertz CT molecular complexity index is 357. The van der Waals surface area contributed by atoms with Gasteiger partial charge in [-0.15, -0.1) is 0 Å². The molecule has 0 saturated carbocycles. The van der Waals surface area contributed by atoms with Gasteiger partial charge in [-0.3, -0.25) is 0 Å². The maximum atomic E-state index is 12.2. The highest BCUT2D eigenvalue weighted by Crippen LogP contribution is 2.17. The number of carbonyl (C=O) groups excluding carboxylic acids is 2. The van der Waals surface area contributed by atoms with Crippen molar-refractivity contribution < 1.29 is 19.1 Å². The summed E-state index contributed by atoms with van der Waals surface area (Å²) in [7, 11) is 0. The van der Waals surface area contributed by atoms with Crippen molar-refractivity contribution >= 4 is 12.1 Å². The van der Waals surface area contributed by atoms with Crippen molar-refractivity contribution in [1.82, 2.24) is 10.6 Å². The van der Waals surface area contributed by atoms with E-state index in [0.29, 0.717) is 6.54 Å². The predicted molar refractivity (Wildman–Crippen MR) is 80.0 cm³/mol. The molecule has 2 atom stereocenters. The zero-order valence-electron chi connectivity index (χ0n) is 13.7. The van der Waals surface area contributed by atoms with Crippen LogP contribution in [0.5, 0.6) is 0 Å². The Morgan fingerprint density at radius 1 is 1.29 bits per heavy atom. The molecule has 1 amide bonds. The molecule has 1 saturated heterocycles. The summed E-state index contributed by atoms with van der Waals surface area (Å²) in [5.74, 6) is -0.373. The van der Waals surface area contributed by atoms with Crippen LogP contribution >= 0.6 is 0 Å². The van der Waals surface area contributed by atoms with Gasteiger partial charge in [0.15, 0.2) is 0 Å². The fourth-order valence-electron chi connectivity index (χ4n) is 2.27. The van der Waals surface area contributed by atoms with Gasteiger partial charge < -0.3 is 20.1 Å². The maximum Gasteiger partial charge on any atom is 0.408 e. The third-order valence-corrected chi connectivity index (χ3v) is 3.08. The van der Waals surface area contributed by atoms with Crippen molar-refractivity contribution in [3.8, 4) is 0 Å². The van der Waals surface area contributed by atoms with E-state index in [1.807, 2.05) is 0 Å². The van der Waals surface area contributed by atoms with Crippen LogP contribution in [-0.4, -0.2) is 42.9 Å². The molecule has 0 radical (unpaired) electrons. The van der Waals surface area contributed by atoms with Gasteiger partial charge in [0.1, 0.15) is 11.6 Å². The van der Waals surface area contributed by atoms with Crippen molar-refractivity contribution in [3.63, 3.8) is 0 Å². The van der Waals surface area contributed by atoms with Crippen LogP contribution < -0.4 is 10.6 Å². The molecule has 0 aromatic rings. The topological polar surface area (TPSA) is 76.7 Å². The summed E-state index contributed by atoms with van der Waals surface area (Å²) in [5.41, 5.74) is -0.596. The molecule has 1 rings (SSSR count). The second-order valence-corrected chi connectivity index (χ2v) is 6.72. The first-order chi connectivity index (χ1) is 9.69. The molecular formula is C15H28N2O4. The van der Waals surface area contributed by atoms with Gasteiger partial charge in [-0.2, -0.15) is 0 Å². The first-order valence-electron chi connectivity index (χ1n) is 7.60. The zero-order valence-corrected chi connectivity index (χ0v) is 13.7. The summed E-state index contributed by atoms with van der Waals surface area (Å²) in [6, 6.07) is -0.671. The Balaban J connectivity index is 2.71. The van der Waals surface area contributed by atoms with Gasteiger partial charge in [0.25, 0.3) is 0 Å². The molecule has 0 aromatic heterocycles. The van der Waals surface area contributed by atoms with Crippen molar-refractivity contribution in [3.05, 3.63) is 0 Å². The van der Waals surface area contributed by atoms with E-state index in [-0.39, 0.29) is 12.0 Å². The third kappa shape index (κ3) is 6.80. The highest BCUT2D eigenvalue weighted by Gasteiger charge is 2.33. The number of ether oxygens (including phenoxy) is 2. The molecule has 1 heterocycles. The highest BCUT2D eigenvalue weighted by molar-refractivity contribution is 5.82. The number of alkyl carbamates (subject to hydrolysis) is 1. The molecule has 1 fully saturated rings. The second-order valence-electron chi connectivity index (χ2n) is 6.72. The van der Waals surface area contributed by atoms with E-state index < -0.39 is 23.7 Å². The maximum absolute atomic E-state index is 12.2. The Labute approximate surface area is 126 Å². The number of esters is 1. The standard InChI is InChI=1S/C15H28N2O4/c1-10(2)20-13(18)12(11-7-6-8-16-9-11)17-14(19)21-15(3,4)5/h10-12,16H,6-9H2,1-5H3,(H,17,19). The summed E-state index contributed by atoms with van der Waals surface area (Å²) in [6.45, 7) is 10.6. The van der Waals surface area contributed by atoms with Gasteiger partial charge in [0.2, 0.25) is 0 Å². The molecule has 0 aliphatic carbocycles. The van der Waals surface area contributed by atoms with Crippen LogP contribution in [0.25, 0.3) is 0 Å². The van der Waals surface area contributed by atoms with E-state index in [2.05, 4.69) is 10.6 Å². The van der Waals surface area contributed by atoms with Crippen LogP contribution in [0.1, 0.15) is 47.5 Å². The Morgan fingerprint density at radius 3 is 2.43 bits per heavy atom. The lowest BCUT2D eigenvalue weighted by atomic mass is 9.91. The van der Waals surface area contributed by atoms with Gasteiger partial charge in [0.05, 0.1) is 6.10 Å². The summed E-state index contributed by atoms with van der Waals surface area (Å²) in [6.07, 6.45) is 1.06. The zero-order chi connectivity index (χ0) is 16.0. The molecule has 1 aliphatic rings. The van der Waals surface area contributed by atoms with Crippen LogP contribution in [0, 0.1) is 5.92 Å². The van der Waals surface area contributed by atoms with Crippen molar-refractivity contribution in [2.45, 2.75) is 65.2 Å². The lowest BCUT2D eigenvalue weighted by Crippen LogP contribution is -2.52. The van der Waals surface area contributed by atoms with Gasteiger partial charge in [0, 0.05) is 12.5 Å². The van der Waals surface area contributed by atoms with E-state index in [1.165, 1.54) is 0 Å². The smallest absolute Gasteiger partial charge is 0.408 e. The summed E-state index contributed by atoms with van der Waals surface area (Å²) < 4.78 is 10.5. The molecule has 0 spiro atoms. The molecule has 0 aromatic carbocycles. The average molecular weight is 300 g/mol. The van der Waals surface area contributed by atoms with Crippen LogP contribution in [0.3, 0.4) is 0 Å². The van der Waals surface area contributed by atoms with Crippen LogP contribution in [0.4, 0.5) is 4.79 Å². The van der Waals surface area contributed by atoms with Gasteiger partial charge >= 0.3 is 12.1 Å². The molecule has 122 valence electrons. The Kier molecular flexibility index (Phi) is 6.45. The van der Waals surface area contributed by atoms with Crippen molar-refractivity contribution in [1.29, 1.82) is 0 Å². The molecule has 2 N–H and O–H groups in total. The monoisotopic (exact) mass is 300 g/mol. The molecule has 21 heavy (non-hydrogen) atoms. The van der Waals surface area contributed by atoms with Crippen LogP contribution in [0.2, 0.25) is 0 Å². The first-order valence-corrected chi connectivity index (χ1v) is 7.60. The SMILES string of the molecule is CC(C)OC(=O)C(NC(=O)OC(C)(C)C)C1CCCNC1. The van der Waals surface area contributed by atoms with E-state index in [1.54, 1.807) is 34.6 Å². The minimum atomic E-state index is -0.671. The molecule has 1 aliphatic heterocycles. The number of carbonyl (C=O) groups is 2. The number of amides is 1. The van der Waals surface area contributed by atoms with Crippen molar-refractivity contribution in [2.24, 2.45) is 5.92 Å². The third-order valence-electron chi connectivity index (χ3n) is 3.08. The van der Waals surface area contributed by atoms with Crippen LogP contribution in [-0.2, 0) is 14.3 Å². The van der Waals surface area contributed by atoms with Gasteiger partial charge in [-0.05, 0) is 54.0 Å². The number of rotatable bonds is 4. The normalized spacial score (nSPS) is 20.8. The highest BCUT2D eigenvalue weighted by atomic mass is 16.6. The number of hydrogen-bond acceptors (Lipinski definition) is 5. The molecule has 2 unspecified atom stereocenters. The van der Waals surface area contributed by atoms with E-state index in [0.717, 1.165) is 19.4 Å². The van der Waals surface area contributed by atoms with E-state index >= 15 is 0 Å². The molecule has 0 bridgehead atoms. The summed E-state index contributed by atoms with van der Waals surface area (Å²) in [5, 5.41) is 5.92. The number of nitrogens with one attached hydrogen (secondary N) is 2. The van der Waals surface area contributed by atoms with Crippen molar-refractivity contribution in [2.75, 3.05) is 13.1 Å². The Hall–Kier alpha value is -1.30. The largest absolute Gasteiger partial charge is 0.461 e. The predicted octanol–water partition coefficient (Wildman–Crippen LogP) is 1.83. The first kappa shape index (κ1) is 17.8. The summed E-state index contributed by atoms with van der Waals surface area (Å²) in [4.78, 5) is 24.2. The fourth-order valence-corrected chi connectivity index (χ4v) is 2.27. The lowest BCUT2D eigenvalue weighted by molar-refractivity contribution is -0.151. The molecule has 6 nitrogen and oxygen atoms in total. The second kappa shape index (κ2) is 7.64. The van der Waals surface area contributed by atoms with E-state index in [9.17, 15) is 9.59 Å². The fraction of sp³-hybridized carbons (Fsp3) is 0.867. The Morgan fingerprint density at radius 2 is 1.95 bits per heavy atom. The molecular weight excluding hydrogens is 272 g/mol. The van der Waals surface area contributed by atoms with E-state index in [4.69, 9.17) is 9.47 Å². The minimum Gasteiger partial charge on any atom is -0.461 e. The summed E-state index contributed by atoms with van der Waals surface area (Å²) >= 11 is 0. The number of piperidine rings is 1. The average Bonchev–Trinajstić information content (AvgIpc) is 2.34. The quantitative estimate of drug-likeness (QED) is 0.775. The van der Waals surface area contributed by atoms with Gasteiger partial charge in [-0.1, -0.05) is 0 Å². The minimum absolute atomic E-state index is 0.0255. The molecule has 6 heteroatoms. The van der Waals surface area contributed by atoms with Crippen LogP contribution in [0.15, 0.2) is 0 Å².